The zero-order chi connectivity index (χ0) is 47.6. The van der Waals surface area contributed by atoms with Crippen molar-refractivity contribution in [3.05, 3.63) is 48.6 Å². The van der Waals surface area contributed by atoms with Crippen molar-refractivity contribution in [3.8, 4) is 0 Å². The smallest absolute Gasteiger partial charge is 0.457 e. The fourth-order valence-electron chi connectivity index (χ4n) is 7.52. The van der Waals surface area contributed by atoms with Gasteiger partial charge < -0.3 is 24.6 Å². The van der Waals surface area contributed by atoms with Crippen molar-refractivity contribution in [3.63, 3.8) is 0 Å². The number of ether oxygens (including phenoxy) is 2. The van der Waals surface area contributed by atoms with Gasteiger partial charge in [-0.3, -0.25) is 18.6 Å². The minimum Gasteiger partial charge on any atom is -0.457 e. The molecule has 0 heterocycles. The molecule has 0 aliphatic heterocycles. The first-order valence-corrected chi connectivity index (χ1v) is 28.1. The van der Waals surface area contributed by atoms with Crippen LogP contribution in [0.3, 0.4) is 0 Å². The Labute approximate surface area is 398 Å². The van der Waals surface area contributed by atoms with Gasteiger partial charge in [-0.15, -0.1) is 0 Å². The highest BCUT2D eigenvalue weighted by molar-refractivity contribution is 7.47. The number of aliphatic hydroxyl groups excluding tert-OH is 2. The van der Waals surface area contributed by atoms with E-state index in [1.54, 1.807) is 0 Å². The van der Waals surface area contributed by atoms with Crippen molar-refractivity contribution in [2.75, 3.05) is 26.4 Å². The van der Waals surface area contributed by atoms with Gasteiger partial charge in [0.2, 0.25) is 0 Å². The highest BCUT2D eigenvalue weighted by Gasteiger charge is 2.27. The summed E-state index contributed by atoms with van der Waals surface area (Å²) in [6.45, 7) is 2.12. The molecule has 65 heavy (non-hydrogen) atoms. The predicted molar refractivity (Wildman–Crippen MR) is 270 cm³/mol. The van der Waals surface area contributed by atoms with Crippen LogP contribution < -0.4 is 0 Å². The molecular formula is C54H99O10P. The number of rotatable bonds is 50. The Balaban J connectivity index is 3.81. The van der Waals surface area contributed by atoms with E-state index in [1.165, 1.54) is 122 Å². The van der Waals surface area contributed by atoms with E-state index in [0.717, 1.165) is 83.5 Å². The summed E-state index contributed by atoms with van der Waals surface area (Å²) in [6.07, 6.45) is 56.6. The number of phosphoric ester groups is 1. The maximum atomic E-state index is 12.4. The number of unbranched alkanes of at least 4 members (excludes halogenated alkanes) is 28. The van der Waals surface area contributed by atoms with Crippen LogP contribution in [0.1, 0.15) is 245 Å². The van der Waals surface area contributed by atoms with Crippen molar-refractivity contribution < 1.29 is 47.8 Å². The van der Waals surface area contributed by atoms with Gasteiger partial charge in [0.1, 0.15) is 12.2 Å². The maximum Gasteiger partial charge on any atom is 0.472 e. The number of aliphatic hydroxyl groups is 2. The van der Waals surface area contributed by atoms with Crippen molar-refractivity contribution in [2.24, 2.45) is 0 Å². The van der Waals surface area contributed by atoms with Gasteiger partial charge in [-0.1, -0.05) is 229 Å². The van der Waals surface area contributed by atoms with Crippen LogP contribution >= 0.6 is 7.82 Å². The molecule has 3 N–H and O–H groups in total. The van der Waals surface area contributed by atoms with Gasteiger partial charge in [-0.2, -0.15) is 0 Å². The maximum absolute atomic E-state index is 12.4. The lowest BCUT2D eigenvalue weighted by molar-refractivity contribution is -0.153. The first-order chi connectivity index (χ1) is 31.8. The molecule has 380 valence electrons. The first kappa shape index (κ1) is 62.9. The van der Waals surface area contributed by atoms with Crippen molar-refractivity contribution in [1.82, 2.24) is 0 Å². The number of hydrogen-bond acceptors (Lipinski definition) is 9. The van der Waals surface area contributed by atoms with E-state index in [1.807, 2.05) is 0 Å². The third kappa shape index (κ3) is 48.2. The van der Waals surface area contributed by atoms with Gasteiger partial charge in [0.25, 0.3) is 0 Å². The minimum atomic E-state index is -4.65. The van der Waals surface area contributed by atoms with Crippen LogP contribution in [0.15, 0.2) is 48.6 Å². The van der Waals surface area contributed by atoms with E-state index >= 15 is 0 Å². The molecule has 11 heteroatoms. The van der Waals surface area contributed by atoms with Crippen molar-refractivity contribution >= 4 is 19.8 Å². The van der Waals surface area contributed by atoms with Crippen LogP contribution in [0.25, 0.3) is 0 Å². The molecule has 0 radical (unpaired) electrons. The number of carbonyl (C=O) groups is 2. The Bertz CT molecular complexity index is 1220. The molecule has 0 aliphatic rings. The SMILES string of the molecule is CC/C=C\C/C=C\C/C=C\C/C=C\CCCCCCCCC(=O)OC(CO)COP(=O)(O)OCC(CO)OC(=O)CCCCCCCCCCCCCCCCCCCCCCCCC. The summed E-state index contributed by atoms with van der Waals surface area (Å²) < 4.78 is 32.7. The quantitative estimate of drug-likeness (QED) is 0.0233. The Morgan fingerprint density at radius 3 is 1.05 bits per heavy atom. The summed E-state index contributed by atoms with van der Waals surface area (Å²) in [5.41, 5.74) is 0. The average Bonchev–Trinajstić information content (AvgIpc) is 3.30. The normalized spacial score (nSPS) is 14.0. The topological polar surface area (TPSA) is 149 Å². The van der Waals surface area contributed by atoms with Crippen molar-refractivity contribution in [1.29, 1.82) is 0 Å². The van der Waals surface area contributed by atoms with Crippen LogP contribution in [0.4, 0.5) is 0 Å². The van der Waals surface area contributed by atoms with E-state index in [0.29, 0.717) is 12.8 Å². The van der Waals surface area contributed by atoms with Gasteiger partial charge in [0.05, 0.1) is 26.4 Å². The Hall–Kier alpha value is -2.07. The number of phosphoric acid groups is 1. The highest BCUT2D eigenvalue weighted by atomic mass is 31.2. The zero-order valence-electron chi connectivity index (χ0n) is 41.7. The minimum absolute atomic E-state index is 0.176. The van der Waals surface area contributed by atoms with Gasteiger partial charge in [0, 0.05) is 12.8 Å². The van der Waals surface area contributed by atoms with Crippen LogP contribution in [0.2, 0.25) is 0 Å². The average molecular weight is 939 g/mol. The summed E-state index contributed by atoms with van der Waals surface area (Å²) in [7, 11) is -4.65. The Kier molecular flexibility index (Phi) is 48.2. The lowest BCUT2D eigenvalue weighted by Crippen LogP contribution is -2.28. The molecule has 0 fully saturated rings. The first-order valence-electron chi connectivity index (χ1n) is 26.6. The highest BCUT2D eigenvalue weighted by Crippen LogP contribution is 2.43. The molecule has 0 rings (SSSR count). The molecule has 10 nitrogen and oxygen atoms in total. The summed E-state index contributed by atoms with van der Waals surface area (Å²) in [6, 6.07) is 0. The number of esters is 2. The zero-order valence-corrected chi connectivity index (χ0v) is 42.6. The van der Waals surface area contributed by atoms with Gasteiger partial charge in [-0.25, -0.2) is 4.57 Å². The summed E-state index contributed by atoms with van der Waals surface area (Å²) >= 11 is 0. The number of carbonyl (C=O) groups excluding carboxylic acids is 2. The second-order valence-electron chi connectivity index (χ2n) is 17.8. The van der Waals surface area contributed by atoms with Crippen molar-refractivity contribution in [2.45, 2.75) is 257 Å². The molecule has 0 spiro atoms. The lowest BCUT2D eigenvalue weighted by Gasteiger charge is -2.20. The number of allylic oxidation sites excluding steroid dienone is 8. The monoisotopic (exact) mass is 939 g/mol. The van der Waals surface area contributed by atoms with Gasteiger partial charge >= 0.3 is 19.8 Å². The van der Waals surface area contributed by atoms with E-state index in [2.05, 4.69) is 62.5 Å². The fourth-order valence-corrected chi connectivity index (χ4v) is 8.30. The molecule has 0 saturated heterocycles. The summed E-state index contributed by atoms with van der Waals surface area (Å²) in [4.78, 5) is 34.7. The summed E-state index contributed by atoms with van der Waals surface area (Å²) in [5.74, 6) is -1.02. The Morgan fingerprint density at radius 2 is 0.723 bits per heavy atom. The third-order valence-corrected chi connectivity index (χ3v) is 12.5. The molecule has 0 saturated carbocycles. The lowest BCUT2D eigenvalue weighted by atomic mass is 10.0. The van der Waals surface area contributed by atoms with Crippen LogP contribution in [-0.2, 0) is 32.7 Å². The van der Waals surface area contributed by atoms with Gasteiger partial charge in [0.15, 0.2) is 0 Å². The van der Waals surface area contributed by atoms with E-state index in [-0.39, 0.29) is 12.8 Å². The molecule has 0 aromatic rings. The number of hydrogen-bond donors (Lipinski definition) is 3. The second-order valence-corrected chi connectivity index (χ2v) is 19.3. The molecule has 0 aromatic carbocycles. The Morgan fingerprint density at radius 1 is 0.431 bits per heavy atom. The van der Waals surface area contributed by atoms with Crippen LogP contribution in [-0.4, -0.2) is 65.7 Å². The second kappa shape index (κ2) is 49.8. The fraction of sp³-hybridized carbons (Fsp3) is 0.815. The predicted octanol–water partition coefficient (Wildman–Crippen LogP) is 15.2. The molecule has 3 unspecified atom stereocenters. The van der Waals surface area contributed by atoms with E-state index in [9.17, 15) is 29.3 Å². The van der Waals surface area contributed by atoms with E-state index < -0.39 is 58.4 Å². The largest absolute Gasteiger partial charge is 0.472 e. The molecular weight excluding hydrogens is 840 g/mol. The van der Waals surface area contributed by atoms with Gasteiger partial charge in [-0.05, 0) is 51.4 Å². The molecule has 0 amide bonds. The van der Waals surface area contributed by atoms with Crippen LogP contribution in [0.5, 0.6) is 0 Å². The third-order valence-electron chi connectivity index (χ3n) is 11.6. The van der Waals surface area contributed by atoms with Crippen LogP contribution in [0, 0.1) is 0 Å². The van der Waals surface area contributed by atoms with E-state index in [4.69, 9.17) is 18.5 Å². The summed E-state index contributed by atoms with van der Waals surface area (Å²) in [5, 5.41) is 19.3. The molecule has 0 aromatic heterocycles. The molecule has 3 atom stereocenters. The molecule has 0 bridgehead atoms. The molecule has 0 aliphatic carbocycles. The standard InChI is InChI=1S/C54H99O10P/c1-3-5-7-9-11-13-15-17-19-21-23-24-25-26-28-30-32-34-36-38-40-42-44-46-54(58)64-52(48-56)50-62-65(59,60)61-49-51(47-55)63-53(57)45-43-41-39-37-35-33-31-29-27-22-20-18-16-14-12-10-8-6-4-2/h6,8,12,14,18,20,27,29,51-52,55-56H,3-5,7,9-11,13,15-17,19,21-26,28,30-50H2,1-2H3,(H,59,60)/b8-6-,14-12-,20-18-,29-27-.